The van der Waals surface area contributed by atoms with E-state index < -0.39 is 0 Å². The van der Waals surface area contributed by atoms with E-state index >= 15 is 0 Å². The Morgan fingerprint density at radius 1 is 0.862 bits per heavy atom. The smallest absolute Gasteiger partial charge is 0.0152 e. The molecule has 0 unspecified atom stereocenters. The van der Waals surface area contributed by atoms with Gasteiger partial charge in [-0.3, -0.25) is 0 Å². The molecule has 0 aromatic carbocycles. The molecule has 0 amide bonds. The van der Waals surface area contributed by atoms with Gasteiger partial charge in [0.05, 0.1) is 0 Å². The first-order chi connectivity index (χ1) is 13.8. The number of fused-ring (bicyclic) bond motifs is 5. The molecule has 29 heavy (non-hydrogen) atoms. The summed E-state index contributed by atoms with van der Waals surface area (Å²) < 4.78 is 0. The fourth-order valence-electron chi connectivity index (χ4n) is 9.61. The van der Waals surface area contributed by atoms with E-state index in [0.717, 1.165) is 41.5 Å². The second-order valence-corrected chi connectivity index (χ2v) is 12.7. The van der Waals surface area contributed by atoms with E-state index in [2.05, 4.69) is 46.4 Å². The van der Waals surface area contributed by atoms with E-state index in [1.165, 1.54) is 77.3 Å². The topological polar surface area (TPSA) is 3.24 Å². The van der Waals surface area contributed by atoms with Gasteiger partial charge in [-0.15, -0.1) is 0 Å². The predicted molar refractivity (Wildman–Crippen MR) is 126 cm³/mol. The van der Waals surface area contributed by atoms with Crippen LogP contribution in [0.4, 0.5) is 0 Å². The molecule has 4 rings (SSSR count). The second-order valence-electron chi connectivity index (χ2n) is 12.7. The fourth-order valence-corrected chi connectivity index (χ4v) is 9.61. The van der Waals surface area contributed by atoms with E-state index in [-0.39, 0.29) is 0 Å². The van der Waals surface area contributed by atoms with Crippen molar-refractivity contribution in [2.75, 3.05) is 13.1 Å². The van der Waals surface area contributed by atoms with Crippen LogP contribution in [-0.2, 0) is 0 Å². The minimum Gasteiger partial charge on any atom is -0.300 e. The molecule has 4 aliphatic rings. The lowest BCUT2D eigenvalue weighted by Crippen LogP contribution is -2.60. The average Bonchev–Trinajstić information content (AvgIpc) is 3.03. The van der Waals surface area contributed by atoms with Crippen LogP contribution >= 0.6 is 0 Å². The van der Waals surface area contributed by atoms with Crippen LogP contribution in [0.2, 0.25) is 0 Å². The van der Waals surface area contributed by atoms with Crippen LogP contribution in [0.5, 0.6) is 0 Å². The quantitative estimate of drug-likeness (QED) is 0.439. The third-order valence-electron chi connectivity index (χ3n) is 11.0. The number of rotatable bonds is 6. The largest absolute Gasteiger partial charge is 0.300 e. The Morgan fingerprint density at radius 3 is 2.34 bits per heavy atom. The normalized spacial score (nSPS) is 46.2. The lowest BCUT2D eigenvalue weighted by Gasteiger charge is -2.62. The van der Waals surface area contributed by atoms with Gasteiger partial charge in [0, 0.05) is 6.04 Å². The Hall–Kier alpha value is -0.0400. The zero-order valence-electron chi connectivity index (χ0n) is 20.7. The van der Waals surface area contributed by atoms with Gasteiger partial charge >= 0.3 is 0 Å². The molecule has 0 N–H and O–H groups in total. The Bertz CT molecular complexity index is 555. The molecule has 1 heteroatoms. The summed E-state index contributed by atoms with van der Waals surface area (Å²) in [6.45, 7) is 17.9. The van der Waals surface area contributed by atoms with Crippen molar-refractivity contribution in [2.45, 2.75) is 118 Å². The predicted octanol–water partition coefficient (Wildman–Crippen LogP) is 7.79. The summed E-state index contributed by atoms with van der Waals surface area (Å²) in [6, 6.07) is 0.888. The van der Waals surface area contributed by atoms with Crippen LogP contribution in [0.15, 0.2) is 0 Å². The van der Waals surface area contributed by atoms with E-state index in [1.54, 1.807) is 6.42 Å². The Labute approximate surface area is 182 Å². The van der Waals surface area contributed by atoms with E-state index in [0.29, 0.717) is 10.8 Å². The SMILES string of the molecule is CCN1CCC[C@]2(C)[C@@H]1CC[C@H]1[C@H]3CC[C@H]([C@@H](C)CCCC(C)C)[C@]3(C)CC[C@@H]12. The highest BCUT2D eigenvalue weighted by molar-refractivity contribution is 5.11. The van der Waals surface area contributed by atoms with Crippen molar-refractivity contribution in [1.29, 1.82) is 0 Å². The van der Waals surface area contributed by atoms with Gasteiger partial charge < -0.3 is 4.90 Å². The third-order valence-corrected chi connectivity index (χ3v) is 11.0. The van der Waals surface area contributed by atoms with Crippen LogP contribution in [0.3, 0.4) is 0 Å². The zero-order valence-corrected chi connectivity index (χ0v) is 20.7. The molecule has 0 aromatic heterocycles. The molecular weight excluding hydrogens is 350 g/mol. The summed E-state index contributed by atoms with van der Waals surface area (Å²) in [6.07, 6.45) is 16.5. The number of hydrogen-bond donors (Lipinski definition) is 0. The molecule has 0 bridgehead atoms. The minimum absolute atomic E-state index is 0.611. The summed E-state index contributed by atoms with van der Waals surface area (Å²) >= 11 is 0. The summed E-state index contributed by atoms with van der Waals surface area (Å²) in [7, 11) is 0. The molecule has 1 saturated heterocycles. The van der Waals surface area contributed by atoms with Crippen molar-refractivity contribution in [2.24, 2.45) is 46.3 Å². The van der Waals surface area contributed by atoms with Crippen molar-refractivity contribution in [3.63, 3.8) is 0 Å². The van der Waals surface area contributed by atoms with E-state index in [9.17, 15) is 0 Å². The molecule has 1 aliphatic heterocycles. The lowest BCUT2D eigenvalue weighted by molar-refractivity contribution is -0.129. The van der Waals surface area contributed by atoms with Crippen LogP contribution in [0, 0.1) is 46.3 Å². The molecular formula is C28H51N. The monoisotopic (exact) mass is 401 g/mol. The summed E-state index contributed by atoms with van der Waals surface area (Å²) in [5, 5.41) is 0. The molecule has 0 aromatic rings. The zero-order chi connectivity index (χ0) is 20.8. The van der Waals surface area contributed by atoms with Gasteiger partial charge in [0.25, 0.3) is 0 Å². The van der Waals surface area contributed by atoms with Crippen molar-refractivity contribution in [3.8, 4) is 0 Å². The van der Waals surface area contributed by atoms with Crippen LogP contribution < -0.4 is 0 Å². The highest BCUT2D eigenvalue weighted by Crippen LogP contribution is 2.67. The average molecular weight is 402 g/mol. The first-order valence-electron chi connectivity index (χ1n) is 13.5. The molecule has 3 saturated carbocycles. The maximum Gasteiger partial charge on any atom is 0.0152 e. The Kier molecular flexibility index (Phi) is 6.48. The molecule has 0 radical (unpaired) electrons. The number of piperidine rings is 1. The van der Waals surface area contributed by atoms with Crippen LogP contribution in [-0.4, -0.2) is 24.0 Å². The van der Waals surface area contributed by atoms with Gasteiger partial charge in [0.2, 0.25) is 0 Å². The maximum atomic E-state index is 2.86. The number of nitrogens with zero attached hydrogens (tertiary/aromatic N) is 1. The first-order valence-corrected chi connectivity index (χ1v) is 13.5. The third kappa shape index (κ3) is 3.74. The van der Waals surface area contributed by atoms with Gasteiger partial charge in [0.1, 0.15) is 0 Å². The molecule has 3 aliphatic carbocycles. The lowest BCUT2D eigenvalue weighted by atomic mass is 9.46. The highest BCUT2D eigenvalue weighted by Gasteiger charge is 2.60. The van der Waals surface area contributed by atoms with Gasteiger partial charge in [0.15, 0.2) is 0 Å². The summed E-state index contributed by atoms with van der Waals surface area (Å²) in [5.74, 6) is 5.91. The summed E-state index contributed by atoms with van der Waals surface area (Å²) in [5.41, 5.74) is 1.26. The van der Waals surface area contributed by atoms with Crippen molar-refractivity contribution in [1.82, 2.24) is 4.90 Å². The standard InChI is InChI=1S/C28H51N/c1-7-29-19-9-17-28(6)25-16-18-27(5)23(21(4)11-8-10-20(2)3)13-14-24(27)22(25)12-15-26(28)29/h20-26H,7-19H2,1-6H3/t21-,22-,23+,24+,25-,26-,27-,28-/m0/s1. The molecule has 0 spiro atoms. The van der Waals surface area contributed by atoms with Crippen molar-refractivity contribution >= 4 is 0 Å². The second kappa shape index (κ2) is 8.48. The van der Waals surface area contributed by atoms with Crippen LogP contribution in [0.25, 0.3) is 0 Å². The molecule has 8 atom stereocenters. The molecule has 1 heterocycles. The fraction of sp³-hybridized carbons (Fsp3) is 1.00. The van der Waals surface area contributed by atoms with Gasteiger partial charge in [-0.2, -0.15) is 0 Å². The van der Waals surface area contributed by atoms with Crippen molar-refractivity contribution in [3.05, 3.63) is 0 Å². The number of likely N-dealkylation sites (tertiary alicyclic amines) is 1. The molecule has 1 nitrogen and oxygen atoms in total. The summed E-state index contributed by atoms with van der Waals surface area (Å²) in [4.78, 5) is 2.86. The maximum absolute atomic E-state index is 2.86. The van der Waals surface area contributed by atoms with Gasteiger partial charge in [-0.05, 0) is 111 Å². The molecule has 168 valence electrons. The highest BCUT2D eigenvalue weighted by atomic mass is 15.2. The number of hydrogen-bond acceptors (Lipinski definition) is 1. The minimum atomic E-state index is 0.611. The first kappa shape index (κ1) is 22.2. The Balaban J connectivity index is 1.48. The van der Waals surface area contributed by atoms with Gasteiger partial charge in [-0.25, -0.2) is 0 Å². The van der Waals surface area contributed by atoms with Gasteiger partial charge in [-0.1, -0.05) is 60.8 Å². The van der Waals surface area contributed by atoms with E-state index in [4.69, 9.17) is 0 Å². The Morgan fingerprint density at radius 2 is 1.62 bits per heavy atom. The van der Waals surface area contributed by atoms with E-state index in [1.807, 2.05) is 0 Å². The van der Waals surface area contributed by atoms with Crippen LogP contribution in [0.1, 0.15) is 112 Å². The molecule has 4 fully saturated rings. The van der Waals surface area contributed by atoms with Crippen molar-refractivity contribution < 1.29 is 0 Å².